The van der Waals surface area contributed by atoms with Crippen molar-refractivity contribution in [2.45, 2.75) is 19.4 Å². The van der Waals surface area contributed by atoms with E-state index in [-0.39, 0.29) is 29.5 Å². The lowest BCUT2D eigenvalue weighted by molar-refractivity contribution is -0.385. The highest BCUT2D eigenvalue weighted by Crippen LogP contribution is 2.26. The molecule has 1 aliphatic rings. The molecule has 7 nitrogen and oxygen atoms in total. The van der Waals surface area contributed by atoms with Gasteiger partial charge in [-0.05, 0) is 24.5 Å². The normalized spacial score (nSPS) is 22.6. The molecule has 2 atom stereocenters. The molecule has 2 N–H and O–H groups in total. The monoisotopic (exact) mass is 280 g/mol. The van der Waals surface area contributed by atoms with Gasteiger partial charge in [0, 0.05) is 19.2 Å². The van der Waals surface area contributed by atoms with E-state index in [1.165, 1.54) is 11.0 Å². The fourth-order valence-electron chi connectivity index (χ4n) is 2.26. The Bertz CT molecular complexity index is 546. The maximum atomic E-state index is 12.3. The van der Waals surface area contributed by atoms with Gasteiger partial charge in [0.25, 0.3) is 11.6 Å². The number of benzene rings is 1. The molecule has 1 aromatic rings. The number of nitro groups is 1. The highest BCUT2D eigenvalue weighted by molar-refractivity contribution is 5.98. The second kappa shape index (κ2) is 5.46. The summed E-state index contributed by atoms with van der Waals surface area (Å²) in [6, 6.07) is 3.36. The van der Waals surface area contributed by atoms with Crippen LogP contribution in [0.3, 0.4) is 0 Å². The van der Waals surface area contributed by atoms with Crippen molar-refractivity contribution < 1.29 is 19.9 Å². The Kier molecular flexibility index (Phi) is 3.89. The zero-order valence-corrected chi connectivity index (χ0v) is 11.0. The van der Waals surface area contributed by atoms with Crippen LogP contribution in [-0.2, 0) is 0 Å². The van der Waals surface area contributed by atoms with Crippen molar-refractivity contribution in [3.8, 4) is 5.75 Å². The number of aliphatic hydroxyl groups excluding tert-OH is 1. The van der Waals surface area contributed by atoms with Crippen LogP contribution in [-0.4, -0.2) is 45.1 Å². The van der Waals surface area contributed by atoms with E-state index in [2.05, 4.69) is 0 Å². The smallest absolute Gasteiger partial charge is 0.282 e. The maximum absolute atomic E-state index is 12.3. The maximum Gasteiger partial charge on any atom is 0.282 e. The number of amides is 1. The molecule has 0 aliphatic carbocycles. The molecule has 1 heterocycles. The molecule has 0 aromatic heterocycles. The summed E-state index contributed by atoms with van der Waals surface area (Å²) in [5.74, 6) is -0.651. The van der Waals surface area contributed by atoms with Crippen LogP contribution in [0, 0.1) is 16.0 Å². The Labute approximate surface area is 115 Å². The Morgan fingerprint density at radius 2 is 2.20 bits per heavy atom. The minimum atomic E-state index is -0.657. The second-order valence-electron chi connectivity index (χ2n) is 5.04. The molecule has 1 fully saturated rings. The summed E-state index contributed by atoms with van der Waals surface area (Å²) in [6.45, 7) is 2.47. The Hall–Kier alpha value is -2.15. The molecule has 0 radical (unpaired) electrons. The molecule has 0 bridgehead atoms. The first-order valence-electron chi connectivity index (χ1n) is 6.35. The number of carbonyl (C=O) groups is 1. The highest BCUT2D eigenvalue weighted by atomic mass is 16.6. The summed E-state index contributed by atoms with van der Waals surface area (Å²) in [5.41, 5.74) is -0.502. The third-order valence-electron chi connectivity index (χ3n) is 3.61. The molecule has 1 aromatic carbocycles. The van der Waals surface area contributed by atoms with Crippen LogP contribution in [0.15, 0.2) is 18.2 Å². The SMILES string of the molecule is CC1CCN(C(=O)c2cc(O)ccc2[N+](=O)[O-])CC1O. The number of β-amino-alcohol motifs (C(OH)–C–C–N with tert-alkyl or cyclic N) is 1. The summed E-state index contributed by atoms with van der Waals surface area (Å²) < 4.78 is 0. The van der Waals surface area contributed by atoms with Gasteiger partial charge in [-0.2, -0.15) is 0 Å². The highest BCUT2D eigenvalue weighted by Gasteiger charge is 2.31. The number of nitrogens with zero attached hydrogens (tertiary/aromatic N) is 2. The third-order valence-corrected chi connectivity index (χ3v) is 3.61. The first-order valence-corrected chi connectivity index (χ1v) is 6.35. The number of hydrogen-bond donors (Lipinski definition) is 2. The average Bonchev–Trinajstić information content (AvgIpc) is 2.40. The largest absolute Gasteiger partial charge is 0.508 e. The van der Waals surface area contributed by atoms with E-state index >= 15 is 0 Å². The minimum Gasteiger partial charge on any atom is -0.508 e. The topological polar surface area (TPSA) is 104 Å². The number of phenols is 1. The molecule has 0 spiro atoms. The van der Waals surface area contributed by atoms with Gasteiger partial charge in [0.15, 0.2) is 0 Å². The van der Waals surface area contributed by atoms with E-state index in [1.807, 2.05) is 6.92 Å². The van der Waals surface area contributed by atoms with Gasteiger partial charge >= 0.3 is 0 Å². The number of phenolic OH excluding ortho intramolecular Hbond substituents is 1. The molecule has 1 saturated heterocycles. The number of rotatable bonds is 2. The summed E-state index contributed by atoms with van der Waals surface area (Å²) in [7, 11) is 0. The molecular formula is C13H16N2O5. The van der Waals surface area contributed by atoms with Crippen molar-refractivity contribution in [3.63, 3.8) is 0 Å². The average molecular weight is 280 g/mol. The lowest BCUT2D eigenvalue weighted by Crippen LogP contribution is -2.45. The Balaban J connectivity index is 2.29. The van der Waals surface area contributed by atoms with Gasteiger partial charge in [-0.15, -0.1) is 0 Å². The standard InChI is InChI=1S/C13H16N2O5/c1-8-4-5-14(7-12(8)17)13(18)10-6-9(16)2-3-11(10)15(19)20/h2-3,6,8,12,16-17H,4-5,7H2,1H3. The van der Waals surface area contributed by atoms with Crippen molar-refractivity contribution in [3.05, 3.63) is 33.9 Å². The van der Waals surface area contributed by atoms with Crippen LogP contribution in [0.5, 0.6) is 5.75 Å². The Morgan fingerprint density at radius 3 is 2.80 bits per heavy atom. The van der Waals surface area contributed by atoms with Crippen LogP contribution in [0.25, 0.3) is 0 Å². The van der Waals surface area contributed by atoms with Crippen molar-refractivity contribution >= 4 is 11.6 Å². The Morgan fingerprint density at radius 1 is 1.50 bits per heavy atom. The first-order chi connectivity index (χ1) is 9.40. The number of aromatic hydroxyl groups is 1. The number of likely N-dealkylation sites (tertiary alicyclic amines) is 1. The fourth-order valence-corrected chi connectivity index (χ4v) is 2.26. The van der Waals surface area contributed by atoms with Gasteiger partial charge in [0.2, 0.25) is 0 Å². The molecule has 0 saturated carbocycles. The number of carbonyl (C=O) groups excluding carboxylic acids is 1. The van der Waals surface area contributed by atoms with E-state index in [0.717, 1.165) is 12.1 Å². The van der Waals surface area contributed by atoms with Crippen LogP contribution in [0.1, 0.15) is 23.7 Å². The van der Waals surface area contributed by atoms with Crippen molar-refractivity contribution in [1.82, 2.24) is 4.90 Å². The van der Waals surface area contributed by atoms with Gasteiger partial charge in [-0.25, -0.2) is 0 Å². The number of piperidine rings is 1. The minimum absolute atomic E-state index is 0.0956. The molecular weight excluding hydrogens is 264 g/mol. The molecule has 2 rings (SSSR count). The second-order valence-corrected chi connectivity index (χ2v) is 5.04. The number of hydrogen-bond acceptors (Lipinski definition) is 5. The zero-order chi connectivity index (χ0) is 14.9. The van der Waals surface area contributed by atoms with Gasteiger partial charge in [-0.1, -0.05) is 6.92 Å². The van der Waals surface area contributed by atoms with Crippen molar-refractivity contribution in [1.29, 1.82) is 0 Å². The molecule has 1 amide bonds. The summed E-state index contributed by atoms with van der Waals surface area (Å²) in [4.78, 5) is 24.0. The van der Waals surface area contributed by atoms with Gasteiger partial charge in [0.05, 0.1) is 11.0 Å². The molecule has 7 heteroatoms. The van der Waals surface area contributed by atoms with Crippen molar-refractivity contribution in [2.24, 2.45) is 5.92 Å². The summed E-state index contributed by atoms with van der Waals surface area (Å²) >= 11 is 0. The lowest BCUT2D eigenvalue weighted by Gasteiger charge is -2.34. The predicted octanol–water partition coefficient (Wildman–Crippen LogP) is 1.14. The van der Waals surface area contributed by atoms with Crippen LogP contribution < -0.4 is 0 Å². The summed E-state index contributed by atoms with van der Waals surface area (Å²) in [6.07, 6.45) is 0.00329. The van der Waals surface area contributed by atoms with E-state index in [0.29, 0.717) is 13.0 Å². The lowest BCUT2D eigenvalue weighted by atomic mass is 9.95. The number of aliphatic hydroxyl groups is 1. The van der Waals surface area contributed by atoms with Crippen LogP contribution in [0.2, 0.25) is 0 Å². The molecule has 20 heavy (non-hydrogen) atoms. The summed E-state index contributed by atoms with van der Waals surface area (Å²) in [5, 5.41) is 30.2. The van der Waals surface area contributed by atoms with Gasteiger partial charge in [0.1, 0.15) is 11.3 Å². The predicted molar refractivity (Wildman–Crippen MR) is 70.5 cm³/mol. The van der Waals surface area contributed by atoms with Crippen molar-refractivity contribution in [2.75, 3.05) is 13.1 Å². The van der Waals surface area contributed by atoms with E-state index in [9.17, 15) is 25.1 Å². The first kappa shape index (κ1) is 14.3. The van der Waals surface area contributed by atoms with Gasteiger partial charge < -0.3 is 15.1 Å². The van der Waals surface area contributed by atoms with Crippen LogP contribution >= 0.6 is 0 Å². The van der Waals surface area contributed by atoms with E-state index < -0.39 is 16.9 Å². The molecule has 1 aliphatic heterocycles. The third kappa shape index (κ3) is 2.72. The molecule has 2 unspecified atom stereocenters. The van der Waals surface area contributed by atoms with Gasteiger partial charge in [-0.3, -0.25) is 14.9 Å². The fraction of sp³-hybridized carbons (Fsp3) is 0.462. The molecule has 108 valence electrons. The number of nitro benzene ring substituents is 1. The quantitative estimate of drug-likeness (QED) is 0.624. The van der Waals surface area contributed by atoms with E-state index in [1.54, 1.807) is 0 Å². The zero-order valence-electron chi connectivity index (χ0n) is 11.0. The van der Waals surface area contributed by atoms with Crippen LogP contribution in [0.4, 0.5) is 5.69 Å². The van der Waals surface area contributed by atoms with E-state index in [4.69, 9.17) is 0 Å².